The Morgan fingerprint density at radius 3 is 2.65 bits per heavy atom. The second kappa shape index (κ2) is 6.97. The highest BCUT2D eigenvalue weighted by Gasteiger charge is 2.12. The number of hydrogen-bond donors (Lipinski definition) is 2. The summed E-state index contributed by atoms with van der Waals surface area (Å²) in [5, 5.41) is 3.87. The van der Waals surface area contributed by atoms with Gasteiger partial charge in [-0.15, -0.1) is 0 Å². The number of nitrogens with zero attached hydrogens (tertiary/aromatic N) is 3. The van der Waals surface area contributed by atoms with E-state index in [9.17, 15) is 0 Å². The number of aromatic nitrogens is 3. The van der Waals surface area contributed by atoms with Crippen LogP contribution >= 0.6 is 11.3 Å². The maximum atomic E-state index is 6.19. The number of thiazole rings is 1. The molecule has 2 aromatic heterocycles. The molecule has 130 valence electrons. The van der Waals surface area contributed by atoms with E-state index < -0.39 is 0 Å². The standard InChI is InChI=1S/C19H17N5OS/c1-2-12-7-9-13(10-8-12)25-18-16(20)17(21-11-22-18)24-19-23-14-5-3-4-6-15(14)26-19/h3-11H,2,20H2,1H3,(H,21,22,23,24). The molecule has 0 saturated heterocycles. The Kier molecular flexibility index (Phi) is 4.37. The number of para-hydroxylation sites is 1. The van der Waals surface area contributed by atoms with Gasteiger partial charge in [-0.1, -0.05) is 42.5 Å². The molecule has 2 aromatic carbocycles. The molecule has 3 N–H and O–H groups in total. The molecule has 0 fully saturated rings. The van der Waals surface area contributed by atoms with E-state index in [1.54, 1.807) is 0 Å². The highest BCUT2D eigenvalue weighted by atomic mass is 32.1. The summed E-state index contributed by atoms with van der Waals surface area (Å²) in [5.74, 6) is 1.46. The molecule has 0 amide bonds. The number of benzene rings is 2. The van der Waals surface area contributed by atoms with Crippen LogP contribution < -0.4 is 15.8 Å². The van der Waals surface area contributed by atoms with Crippen molar-refractivity contribution in [2.45, 2.75) is 13.3 Å². The summed E-state index contributed by atoms with van der Waals surface area (Å²) in [7, 11) is 0. The highest BCUT2D eigenvalue weighted by molar-refractivity contribution is 7.22. The number of aryl methyl sites for hydroxylation is 1. The number of ether oxygens (including phenoxy) is 1. The first kappa shape index (κ1) is 16.3. The summed E-state index contributed by atoms with van der Waals surface area (Å²) in [6.07, 6.45) is 2.40. The topological polar surface area (TPSA) is 86.0 Å². The van der Waals surface area contributed by atoms with Crippen molar-refractivity contribution in [1.82, 2.24) is 15.0 Å². The van der Waals surface area contributed by atoms with Crippen molar-refractivity contribution >= 4 is 38.2 Å². The van der Waals surface area contributed by atoms with Crippen molar-refractivity contribution in [3.05, 3.63) is 60.4 Å². The Morgan fingerprint density at radius 1 is 1.08 bits per heavy atom. The average Bonchev–Trinajstić information content (AvgIpc) is 3.08. The van der Waals surface area contributed by atoms with Gasteiger partial charge in [0.2, 0.25) is 5.88 Å². The summed E-state index contributed by atoms with van der Waals surface area (Å²) in [6, 6.07) is 15.8. The first-order valence-corrected chi connectivity index (χ1v) is 9.04. The Hall–Kier alpha value is -3.19. The van der Waals surface area contributed by atoms with Crippen LogP contribution in [0.3, 0.4) is 0 Å². The number of fused-ring (bicyclic) bond motifs is 1. The third-order valence-electron chi connectivity index (χ3n) is 3.91. The molecule has 0 aliphatic carbocycles. The lowest BCUT2D eigenvalue weighted by atomic mass is 10.2. The third-order valence-corrected chi connectivity index (χ3v) is 4.86. The van der Waals surface area contributed by atoms with Crippen LogP contribution in [0.4, 0.5) is 16.6 Å². The molecule has 0 atom stereocenters. The molecule has 4 aromatic rings. The molecule has 0 saturated carbocycles. The fourth-order valence-corrected chi connectivity index (χ4v) is 3.36. The van der Waals surface area contributed by atoms with Gasteiger partial charge in [0.05, 0.1) is 10.2 Å². The van der Waals surface area contributed by atoms with Crippen LogP contribution in [0.25, 0.3) is 10.2 Å². The summed E-state index contributed by atoms with van der Waals surface area (Å²) in [4.78, 5) is 12.9. The maximum absolute atomic E-state index is 6.19. The van der Waals surface area contributed by atoms with Gasteiger partial charge in [-0.25, -0.2) is 9.97 Å². The van der Waals surface area contributed by atoms with E-state index in [2.05, 4.69) is 27.2 Å². The quantitative estimate of drug-likeness (QED) is 0.531. The Bertz CT molecular complexity index is 1010. The van der Waals surface area contributed by atoms with Crippen LogP contribution in [-0.2, 0) is 6.42 Å². The Labute approximate surface area is 154 Å². The molecule has 7 heteroatoms. The minimum absolute atomic E-state index is 0.313. The van der Waals surface area contributed by atoms with Crippen molar-refractivity contribution in [1.29, 1.82) is 0 Å². The number of nitrogen functional groups attached to an aromatic ring is 1. The molecule has 2 heterocycles. The smallest absolute Gasteiger partial charge is 0.248 e. The largest absolute Gasteiger partial charge is 0.437 e. The monoisotopic (exact) mass is 363 g/mol. The predicted octanol–water partition coefficient (Wildman–Crippen LogP) is 4.77. The SMILES string of the molecule is CCc1ccc(Oc2ncnc(Nc3nc4ccccc4s3)c2N)cc1. The number of nitrogens with two attached hydrogens (primary N) is 1. The molecular formula is C19H17N5OS. The van der Waals surface area contributed by atoms with E-state index in [0.717, 1.165) is 21.8 Å². The van der Waals surface area contributed by atoms with Crippen LogP contribution in [0.1, 0.15) is 12.5 Å². The van der Waals surface area contributed by atoms with Crippen LogP contribution in [0.2, 0.25) is 0 Å². The maximum Gasteiger partial charge on any atom is 0.248 e. The lowest BCUT2D eigenvalue weighted by Crippen LogP contribution is -2.03. The summed E-state index contributed by atoms with van der Waals surface area (Å²) in [5.41, 5.74) is 8.71. The van der Waals surface area contributed by atoms with Gasteiger partial charge in [0.15, 0.2) is 10.9 Å². The lowest BCUT2D eigenvalue weighted by Gasteiger charge is -2.10. The summed E-state index contributed by atoms with van der Waals surface area (Å²) in [6.45, 7) is 2.11. The summed E-state index contributed by atoms with van der Waals surface area (Å²) < 4.78 is 6.91. The van der Waals surface area contributed by atoms with Gasteiger partial charge in [0, 0.05) is 0 Å². The van der Waals surface area contributed by atoms with Crippen LogP contribution in [-0.4, -0.2) is 15.0 Å². The van der Waals surface area contributed by atoms with Crippen molar-refractivity contribution in [2.75, 3.05) is 11.1 Å². The Morgan fingerprint density at radius 2 is 1.88 bits per heavy atom. The van der Waals surface area contributed by atoms with Crippen molar-refractivity contribution in [3.63, 3.8) is 0 Å². The van der Waals surface area contributed by atoms with Gasteiger partial charge in [-0.05, 0) is 36.2 Å². The first-order chi connectivity index (χ1) is 12.7. The molecule has 0 bridgehead atoms. The summed E-state index contributed by atoms with van der Waals surface area (Å²) >= 11 is 1.54. The van der Waals surface area contributed by atoms with Crippen molar-refractivity contribution < 1.29 is 4.74 Å². The first-order valence-electron chi connectivity index (χ1n) is 8.23. The van der Waals surface area contributed by atoms with Gasteiger partial charge in [0.1, 0.15) is 17.8 Å². The zero-order valence-electron chi connectivity index (χ0n) is 14.1. The fourth-order valence-electron chi connectivity index (χ4n) is 2.49. The molecule has 0 unspecified atom stereocenters. The van der Waals surface area contributed by atoms with Crippen molar-refractivity contribution in [3.8, 4) is 11.6 Å². The minimum atomic E-state index is 0.313. The molecule has 26 heavy (non-hydrogen) atoms. The van der Waals surface area contributed by atoms with Gasteiger partial charge in [-0.2, -0.15) is 4.98 Å². The molecule has 4 rings (SSSR count). The van der Waals surface area contributed by atoms with Gasteiger partial charge < -0.3 is 15.8 Å². The molecule has 0 spiro atoms. The van der Waals surface area contributed by atoms with E-state index in [4.69, 9.17) is 10.5 Å². The predicted molar refractivity (Wildman–Crippen MR) is 105 cm³/mol. The fraction of sp³-hybridized carbons (Fsp3) is 0.105. The van der Waals surface area contributed by atoms with Gasteiger partial charge in [-0.3, -0.25) is 0 Å². The van der Waals surface area contributed by atoms with E-state index in [1.165, 1.54) is 23.2 Å². The highest BCUT2D eigenvalue weighted by Crippen LogP contribution is 2.33. The Balaban J connectivity index is 1.58. The van der Waals surface area contributed by atoms with Gasteiger partial charge >= 0.3 is 0 Å². The van der Waals surface area contributed by atoms with E-state index in [-0.39, 0.29) is 0 Å². The number of nitrogens with one attached hydrogen (secondary N) is 1. The van der Waals surface area contributed by atoms with Crippen LogP contribution in [0, 0.1) is 0 Å². The van der Waals surface area contributed by atoms with E-state index >= 15 is 0 Å². The lowest BCUT2D eigenvalue weighted by molar-refractivity contribution is 0.464. The second-order valence-corrected chi connectivity index (χ2v) is 6.68. The third kappa shape index (κ3) is 3.29. The minimum Gasteiger partial charge on any atom is -0.437 e. The van der Waals surface area contributed by atoms with Gasteiger partial charge in [0.25, 0.3) is 0 Å². The van der Waals surface area contributed by atoms with Crippen LogP contribution in [0.15, 0.2) is 54.9 Å². The van der Waals surface area contributed by atoms with E-state index in [1.807, 2.05) is 48.5 Å². The molecule has 6 nitrogen and oxygen atoms in total. The number of anilines is 3. The van der Waals surface area contributed by atoms with E-state index in [0.29, 0.717) is 23.1 Å². The molecule has 0 radical (unpaired) electrons. The molecular weight excluding hydrogens is 346 g/mol. The second-order valence-electron chi connectivity index (χ2n) is 5.65. The van der Waals surface area contributed by atoms with Crippen molar-refractivity contribution in [2.24, 2.45) is 0 Å². The zero-order chi connectivity index (χ0) is 17.9. The van der Waals surface area contributed by atoms with Crippen LogP contribution in [0.5, 0.6) is 11.6 Å². The average molecular weight is 363 g/mol. The normalized spacial score (nSPS) is 10.8. The molecule has 0 aliphatic rings. The number of rotatable bonds is 5. The molecule has 0 aliphatic heterocycles. The number of hydrogen-bond acceptors (Lipinski definition) is 7. The zero-order valence-corrected chi connectivity index (χ0v) is 15.0.